The average molecular weight is 304 g/mol. The van der Waals surface area contributed by atoms with Crippen LogP contribution in [-0.2, 0) is 19.1 Å². The van der Waals surface area contributed by atoms with Crippen molar-refractivity contribution in [2.45, 2.75) is 57.7 Å². The summed E-state index contributed by atoms with van der Waals surface area (Å²) in [5.74, 6) is 0.694. The zero-order valence-electron chi connectivity index (χ0n) is 13.4. The normalized spacial score (nSPS) is 38.5. The highest BCUT2D eigenvalue weighted by molar-refractivity contribution is 5.88. The maximum absolute atomic E-state index is 12.1. The van der Waals surface area contributed by atoms with Gasteiger partial charge in [0, 0.05) is 17.1 Å². The average Bonchev–Trinajstić information content (AvgIpc) is 2.41. The molecule has 4 aliphatic rings. The molecule has 0 radical (unpaired) electrons. The van der Waals surface area contributed by atoms with Crippen LogP contribution in [0, 0.1) is 17.8 Å². The van der Waals surface area contributed by atoms with Crippen LogP contribution in [0.4, 0.5) is 0 Å². The number of ether oxygens (including phenoxy) is 2. The van der Waals surface area contributed by atoms with Gasteiger partial charge in [-0.05, 0) is 57.8 Å². The van der Waals surface area contributed by atoms with Crippen LogP contribution in [0.2, 0.25) is 0 Å². The predicted octanol–water partition coefficient (Wildman–Crippen LogP) is 3.17. The van der Waals surface area contributed by atoms with Crippen molar-refractivity contribution >= 4 is 11.9 Å². The Kier molecular flexibility index (Phi) is 3.66. The topological polar surface area (TPSA) is 52.6 Å². The molecule has 0 N–H and O–H groups in total. The zero-order valence-corrected chi connectivity index (χ0v) is 13.4. The highest BCUT2D eigenvalue weighted by Crippen LogP contribution is 2.58. The summed E-state index contributed by atoms with van der Waals surface area (Å²) in [7, 11) is 0. The van der Waals surface area contributed by atoms with E-state index in [0.29, 0.717) is 28.9 Å². The third-order valence-corrected chi connectivity index (χ3v) is 5.38. The number of esters is 2. The second-order valence-corrected chi connectivity index (χ2v) is 7.45. The monoisotopic (exact) mass is 304 g/mol. The fourth-order valence-electron chi connectivity index (χ4n) is 4.75. The van der Waals surface area contributed by atoms with E-state index in [-0.39, 0.29) is 18.0 Å². The Hall–Kier alpha value is -1.58. The van der Waals surface area contributed by atoms with Gasteiger partial charge in [-0.25, -0.2) is 9.59 Å². The molecule has 4 fully saturated rings. The first-order valence-corrected chi connectivity index (χ1v) is 8.06. The van der Waals surface area contributed by atoms with Crippen molar-refractivity contribution in [2.24, 2.45) is 17.8 Å². The lowest BCUT2D eigenvalue weighted by Crippen LogP contribution is -2.63. The summed E-state index contributed by atoms with van der Waals surface area (Å²) in [4.78, 5) is 24.1. The van der Waals surface area contributed by atoms with Crippen LogP contribution in [0.3, 0.4) is 0 Å². The second-order valence-electron chi connectivity index (χ2n) is 7.45. The number of hydrogen-bond acceptors (Lipinski definition) is 4. The summed E-state index contributed by atoms with van der Waals surface area (Å²) >= 11 is 0. The van der Waals surface area contributed by atoms with Gasteiger partial charge in [0.25, 0.3) is 0 Å². The number of carbonyl (C=O) groups excluding carboxylic acids is 2. The van der Waals surface area contributed by atoms with E-state index in [1.807, 2.05) is 0 Å². The van der Waals surface area contributed by atoms with Crippen LogP contribution >= 0.6 is 0 Å². The molecule has 4 rings (SSSR count). The van der Waals surface area contributed by atoms with Crippen molar-refractivity contribution in [3.8, 4) is 0 Å². The lowest BCUT2D eigenvalue weighted by atomic mass is 9.52. The lowest BCUT2D eigenvalue weighted by molar-refractivity contribution is -0.234. The van der Waals surface area contributed by atoms with Crippen LogP contribution in [0.5, 0.6) is 0 Å². The molecule has 4 bridgehead atoms. The van der Waals surface area contributed by atoms with Gasteiger partial charge < -0.3 is 9.47 Å². The van der Waals surface area contributed by atoms with Gasteiger partial charge in [0.05, 0.1) is 0 Å². The first-order valence-electron chi connectivity index (χ1n) is 8.06. The maximum atomic E-state index is 12.1. The maximum Gasteiger partial charge on any atom is 0.333 e. The molecule has 0 spiro atoms. The SMILES string of the molecule is C=C(C)C(=O)OC1C2CC3CC(C2)CC1(OC(=O)C(=C)C)C3. The molecule has 4 saturated carbocycles. The summed E-state index contributed by atoms with van der Waals surface area (Å²) in [6, 6.07) is 0. The Balaban J connectivity index is 1.88. The number of rotatable bonds is 4. The molecule has 4 heteroatoms. The number of hydrogen-bond donors (Lipinski definition) is 0. The van der Waals surface area contributed by atoms with E-state index in [4.69, 9.17) is 9.47 Å². The Morgan fingerprint density at radius 2 is 1.50 bits per heavy atom. The van der Waals surface area contributed by atoms with Crippen molar-refractivity contribution in [3.05, 3.63) is 24.3 Å². The molecular weight excluding hydrogens is 280 g/mol. The van der Waals surface area contributed by atoms with Gasteiger partial charge in [0.2, 0.25) is 0 Å². The summed E-state index contributed by atoms with van der Waals surface area (Å²) in [6.45, 7) is 10.6. The Labute approximate surface area is 131 Å². The Morgan fingerprint density at radius 1 is 0.955 bits per heavy atom. The summed E-state index contributed by atoms with van der Waals surface area (Å²) in [5.41, 5.74) is 0.117. The summed E-state index contributed by atoms with van der Waals surface area (Å²) in [5, 5.41) is 0. The highest BCUT2D eigenvalue weighted by atomic mass is 16.6. The highest BCUT2D eigenvalue weighted by Gasteiger charge is 2.61. The number of carbonyl (C=O) groups is 2. The third kappa shape index (κ3) is 2.49. The first kappa shape index (κ1) is 15.3. The molecule has 0 aromatic rings. The van der Waals surface area contributed by atoms with Gasteiger partial charge in [-0.15, -0.1) is 0 Å². The fraction of sp³-hybridized carbons (Fsp3) is 0.667. The van der Waals surface area contributed by atoms with Crippen LogP contribution in [0.15, 0.2) is 24.3 Å². The van der Waals surface area contributed by atoms with Gasteiger partial charge in [-0.2, -0.15) is 0 Å². The molecular formula is C18H24O4. The molecule has 3 atom stereocenters. The molecule has 0 amide bonds. The molecule has 4 nitrogen and oxygen atoms in total. The molecule has 0 aromatic carbocycles. The van der Waals surface area contributed by atoms with Crippen LogP contribution in [0.1, 0.15) is 46.0 Å². The van der Waals surface area contributed by atoms with E-state index in [0.717, 1.165) is 25.7 Å². The first-order chi connectivity index (χ1) is 10.3. The molecule has 0 aromatic heterocycles. The standard InChI is InChI=1S/C18H24O4/c1-10(2)16(19)21-15-14-6-12-5-13(7-14)9-18(15,8-12)22-17(20)11(3)4/h12-15H,1,3,5-9H2,2,4H3. The second kappa shape index (κ2) is 5.25. The minimum atomic E-state index is -0.657. The van der Waals surface area contributed by atoms with E-state index in [1.54, 1.807) is 13.8 Å². The quantitative estimate of drug-likeness (QED) is 0.591. The molecule has 120 valence electrons. The van der Waals surface area contributed by atoms with Gasteiger partial charge in [0.15, 0.2) is 0 Å². The smallest absolute Gasteiger partial charge is 0.333 e. The predicted molar refractivity (Wildman–Crippen MR) is 81.9 cm³/mol. The van der Waals surface area contributed by atoms with Crippen LogP contribution in [-0.4, -0.2) is 23.6 Å². The van der Waals surface area contributed by atoms with Crippen LogP contribution in [0.25, 0.3) is 0 Å². The third-order valence-electron chi connectivity index (χ3n) is 5.38. The van der Waals surface area contributed by atoms with Gasteiger partial charge >= 0.3 is 11.9 Å². The summed E-state index contributed by atoms with van der Waals surface area (Å²) < 4.78 is 11.6. The minimum Gasteiger partial charge on any atom is -0.454 e. The summed E-state index contributed by atoms with van der Waals surface area (Å²) in [6.07, 6.45) is 4.60. The van der Waals surface area contributed by atoms with E-state index in [2.05, 4.69) is 13.2 Å². The molecule has 0 saturated heterocycles. The van der Waals surface area contributed by atoms with Crippen molar-refractivity contribution in [1.82, 2.24) is 0 Å². The van der Waals surface area contributed by atoms with Gasteiger partial charge in [-0.3, -0.25) is 0 Å². The van der Waals surface area contributed by atoms with Gasteiger partial charge in [-0.1, -0.05) is 13.2 Å². The largest absolute Gasteiger partial charge is 0.454 e. The molecule has 0 heterocycles. The Morgan fingerprint density at radius 3 is 2.00 bits per heavy atom. The Bertz CT molecular complexity index is 533. The molecule has 3 unspecified atom stereocenters. The van der Waals surface area contributed by atoms with E-state index in [1.165, 1.54) is 6.42 Å². The minimum absolute atomic E-state index is 0.299. The molecule has 0 aliphatic heterocycles. The van der Waals surface area contributed by atoms with Crippen molar-refractivity contribution < 1.29 is 19.1 Å². The van der Waals surface area contributed by atoms with E-state index >= 15 is 0 Å². The molecule has 4 aliphatic carbocycles. The van der Waals surface area contributed by atoms with Gasteiger partial charge in [0.1, 0.15) is 11.7 Å². The van der Waals surface area contributed by atoms with Crippen molar-refractivity contribution in [1.29, 1.82) is 0 Å². The van der Waals surface area contributed by atoms with Crippen molar-refractivity contribution in [2.75, 3.05) is 0 Å². The lowest BCUT2D eigenvalue weighted by Gasteiger charge is -2.59. The van der Waals surface area contributed by atoms with Crippen molar-refractivity contribution in [3.63, 3.8) is 0 Å². The van der Waals surface area contributed by atoms with E-state index < -0.39 is 5.60 Å². The zero-order chi connectivity index (χ0) is 16.1. The molecule has 22 heavy (non-hydrogen) atoms. The van der Waals surface area contributed by atoms with Crippen LogP contribution < -0.4 is 0 Å². The van der Waals surface area contributed by atoms with E-state index in [9.17, 15) is 9.59 Å². The fourth-order valence-corrected chi connectivity index (χ4v) is 4.75.